The molecule has 0 unspecified atom stereocenters. The summed E-state index contributed by atoms with van der Waals surface area (Å²) >= 11 is 0. The van der Waals surface area contributed by atoms with Gasteiger partial charge in [-0.3, -0.25) is 9.78 Å². The first kappa shape index (κ1) is 16.8. The third-order valence-electron chi connectivity index (χ3n) is 4.51. The first-order valence-corrected chi connectivity index (χ1v) is 8.47. The number of fused-ring (bicyclic) bond motifs is 1. The highest BCUT2D eigenvalue weighted by Gasteiger charge is 2.16. The van der Waals surface area contributed by atoms with Crippen molar-refractivity contribution in [3.05, 3.63) is 72.3 Å². The Hall–Kier alpha value is -3.67. The topological polar surface area (TPSA) is 82.1 Å². The molecule has 0 aliphatic heterocycles. The van der Waals surface area contributed by atoms with Gasteiger partial charge >= 0.3 is 0 Å². The summed E-state index contributed by atoms with van der Waals surface area (Å²) < 4.78 is 0. The summed E-state index contributed by atoms with van der Waals surface area (Å²) in [4.78, 5) is 26.1. The van der Waals surface area contributed by atoms with E-state index in [1.54, 1.807) is 43.0 Å². The zero-order valence-corrected chi connectivity index (χ0v) is 15.0. The zero-order chi connectivity index (χ0) is 19.0. The molecule has 0 saturated heterocycles. The normalized spacial score (nSPS) is 10.9. The van der Waals surface area contributed by atoms with Gasteiger partial charge in [0.1, 0.15) is 11.4 Å². The summed E-state index contributed by atoms with van der Waals surface area (Å²) in [7, 11) is 3.75. The van der Waals surface area contributed by atoms with Crippen LogP contribution in [0.2, 0.25) is 0 Å². The van der Waals surface area contributed by atoms with Crippen molar-refractivity contribution in [2.75, 3.05) is 19.0 Å². The number of ketones is 1. The second kappa shape index (κ2) is 6.57. The predicted molar refractivity (Wildman–Crippen MR) is 105 cm³/mol. The molecule has 6 heteroatoms. The number of phenolic OH excluding ortho intramolecular Hbond substituents is 1. The van der Waals surface area contributed by atoms with E-state index in [9.17, 15) is 9.90 Å². The zero-order valence-electron chi connectivity index (χ0n) is 15.0. The van der Waals surface area contributed by atoms with Crippen molar-refractivity contribution < 1.29 is 9.90 Å². The van der Waals surface area contributed by atoms with Gasteiger partial charge in [-0.25, -0.2) is 4.98 Å². The monoisotopic (exact) mass is 358 g/mol. The molecule has 1 aromatic carbocycles. The fourth-order valence-electron chi connectivity index (χ4n) is 3.09. The van der Waals surface area contributed by atoms with Crippen LogP contribution in [0, 0.1) is 0 Å². The molecule has 0 spiro atoms. The minimum absolute atomic E-state index is 0.0894. The third kappa shape index (κ3) is 3.01. The number of anilines is 1. The summed E-state index contributed by atoms with van der Waals surface area (Å²) in [5.41, 5.74) is 4.17. The number of nitrogens with one attached hydrogen (secondary N) is 1. The molecule has 0 aliphatic carbocycles. The third-order valence-corrected chi connectivity index (χ3v) is 4.51. The minimum atomic E-state index is -0.0894. The highest BCUT2D eigenvalue weighted by atomic mass is 16.3. The van der Waals surface area contributed by atoms with Gasteiger partial charge in [0, 0.05) is 61.0 Å². The van der Waals surface area contributed by atoms with Gasteiger partial charge in [0.15, 0.2) is 5.78 Å². The van der Waals surface area contributed by atoms with Crippen molar-refractivity contribution in [3.8, 4) is 16.9 Å². The van der Waals surface area contributed by atoms with Gasteiger partial charge in [0.2, 0.25) is 0 Å². The van der Waals surface area contributed by atoms with Crippen LogP contribution in [0.5, 0.6) is 5.75 Å². The lowest BCUT2D eigenvalue weighted by Crippen LogP contribution is -2.08. The molecule has 0 saturated carbocycles. The number of carbonyl (C=O) groups is 1. The van der Waals surface area contributed by atoms with Gasteiger partial charge in [-0.2, -0.15) is 0 Å². The smallest absolute Gasteiger partial charge is 0.195 e. The largest absolute Gasteiger partial charge is 0.506 e. The number of carbonyl (C=O) groups excluding carboxylic acids is 1. The second-order valence-electron chi connectivity index (χ2n) is 6.49. The van der Waals surface area contributed by atoms with E-state index in [2.05, 4.69) is 15.0 Å². The fourth-order valence-corrected chi connectivity index (χ4v) is 3.09. The van der Waals surface area contributed by atoms with Gasteiger partial charge in [0.05, 0.1) is 5.69 Å². The number of nitrogens with zero attached hydrogens (tertiary/aromatic N) is 3. The summed E-state index contributed by atoms with van der Waals surface area (Å²) in [6.45, 7) is 0. The quantitative estimate of drug-likeness (QED) is 0.545. The van der Waals surface area contributed by atoms with Crippen LogP contribution in [0.25, 0.3) is 22.2 Å². The van der Waals surface area contributed by atoms with Crippen LogP contribution in [0.15, 0.2) is 61.2 Å². The Morgan fingerprint density at radius 2 is 1.85 bits per heavy atom. The molecule has 134 valence electrons. The number of benzene rings is 1. The maximum atomic E-state index is 12.8. The second-order valence-corrected chi connectivity index (χ2v) is 6.49. The van der Waals surface area contributed by atoms with Crippen LogP contribution in [-0.4, -0.2) is 39.9 Å². The number of H-pyrrole nitrogens is 1. The Balaban J connectivity index is 1.79. The lowest BCUT2D eigenvalue weighted by Gasteiger charge is -2.15. The number of phenols is 1. The first-order chi connectivity index (χ1) is 13.0. The number of aromatic nitrogens is 3. The molecular weight excluding hydrogens is 340 g/mol. The molecule has 2 N–H and O–H groups in total. The average Bonchev–Trinajstić information content (AvgIpc) is 3.11. The fraction of sp³-hybridized carbons (Fsp3) is 0.0952. The molecule has 0 amide bonds. The number of pyridine rings is 2. The standard InChI is InChI=1S/C21H18N4O2/c1-25(2)18-4-3-14(10-19(18)26)15-9-16-17(12-24-21(16)23-11-15)20(27)13-5-7-22-8-6-13/h3-12,26H,1-2H3,(H,23,24). The van der Waals surface area contributed by atoms with E-state index in [1.807, 2.05) is 37.2 Å². The lowest BCUT2D eigenvalue weighted by molar-refractivity contribution is 0.104. The van der Waals surface area contributed by atoms with Crippen molar-refractivity contribution in [2.24, 2.45) is 0 Å². The van der Waals surface area contributed by atoms with Crippen molar-refractivity contribution >= 4 is 22.5 Å². The molecular formula is C21H18N4O2. The molecule has 3 aromatic heterocycles. The minimum Gasteiger partial charge on any atom is -0.506 e. The van der Waals surface area contributed by atoms with Gasteiger partial charge in [-0.1, -0.05) is 6.07 Å². The van der Waals surface area contributed by atoms with E-state index in [1.165, 1.54) is 0 Å². The van der Waals surface area contributed by atoms with E-state index >= 15 is 0 Å². The van der Waals surface area contributed by atoms with Crippen LogP contribution < -0.4 is 4.90 Å². The van der Waals surface area contributed by atoms with Crippen molar-refractivity contribution in [2.45, 2.75) is 0 Å². The Kier molecular flexibility index (Phi) is 4.08. The predicted octanol–water partition coefficient (Wildman–Crippen LogP) is 3.63. The van der Waals surface area contributed by atoms with E-state index in [0.717, 1.165) is 22.2 Å². The SMILES string of the molecule is CN(C)c1ccc(-c2cnc3[nH]cc(C(=O)c4ccncc4)c3c2)cc1O. The van der Waals surface area contributed by atoms with Crippen LogP contribution in [0.4, 0.5) is 5.69 Å². The van der Waals surface area contributed by atoms with Gasteiger partial charge in [0.25, 0.3) is 0 Å². The molecule has 4 rings (SSSR count). The van der Waals surface area contributed by atoms with Crippen LogP contribution in [0.1, 0.15) is 15.9 Å². The Morgan fingerprint density at radius 3 is 2.56 bits per heavy atom. The number of hydrogen-bond donors (Lipinski definition) is 2. The van der Waals surface area contributed by atoms with Crippen molar-refractivity contribution in [1.82, 2.24) is 15.0 Å². The van der Waals surface area contributed by atoms with Gasteiger partial charge < -0.3 is 15.0 Å². The number of rotatable bonds is 4. The Bertz CT molecular complexity index is 1130. The lowest BCUT2D eigenvalue weighted by atomic mass is 10.0. The van der Waals surface area contributed by atoms with E-state index in [0.29, 0.717) is 16.8 Å². The molecule has 0 atom stereocenters. The maximum absolute atomic E-state index is 12.8. The highest BCUT2D eigenvalue weighted by molar-refractivity contribution is 6.16. The maximum Gasteiger partial charge on any atom is 0.195 e. The van der Waals surface area contributed by atoms with Crippen molar-refractivity contribution in [3.63, 3.8) is 0 Å². The summed E-state index contributed by atoms with van der Waals surface area (Å²) in [5, 5.41) is 11.0. The van der Waals surface area contributed by atoms with Crippen molar-refractivity contribution in [1.29, 1.82) is 0 Å². The molecule has 0 radical (unpaired) electrons. The molecule has 0 fully saturated rings. The number of hydrogen-bond acceptors (Lipinski definition) is 5. The number of aromatic hydroxyl groups is 1. The average molecular weight is 358 g/mol. The van der Waals surface area contributed by atoms with E-state index in [4.69, 9.17) is 0 Å². The van der Waals surface area contributed by atoms with Gasteiger partial charge in [-0.15, -0.1) is 0 Å². The Labute approximate surface area is 156 Å². The molecule has 3 heterocycles. The van der Waals surface area contributed by atoms with Crippen LogP contribution >= 0.6 is 0 Å². The molecule has 4 aromatic rings. The highest BCUT2D eigenvalue weighted by Crippen LogP contribution is 2.32. The molecule has 6 nitrogen and oxygen atoms in total. The summed E-state index contributed by atoms with van der Waals surface area (Å²) in [6, 6.07) is 10.8. The first-order valence-electron chi connectivity index (χ1n) is 8.47. The Morgan fingerprint density at radius 1 is 1.07 bits per heavy atom. The molecule has 27 heavy (non-hydrogen) atoms. The van der Waals surface area contributed by atoms with Crippen LogP contribution in [-0.2, 0) is 0 Å². The van der Waals surface area contributed by atoms with Gasteiger partial charge in [-0.05, 0) is 35.9 Å². The van der Waals surface area contributed by atoms with Crippen LogP contribution in [0.3, 0.4) is 0 Å². The van der Waals surface area contributed by atoms with E-state index in [-0.39, 0.29) is 11.5 Å². The molecule has 0 aliphatic rings. The van der Waals surface area contributed by atoms with E-state index < -0.39 is 0 Å². The summed E-state index contributed by atoms with van der Waals surface area (Å²) in [6.07, 6.45) is 6.60. The summed E-state index contributed by atoms with van der Waals surface area (Å²) in [5.74, 6) is 0.105. The number of aromatic amines is 1. The molecule has 0 bridgehead atoms.